The van der Waals surface area contributed by atoms with Crippen molar-refractivity contribution in [1.29, 1.82) is 0 Å². The lowest BCUT2D eigenvalue weighted by Gasteiger charge is -2.12. The molecule has 3 aromatic rings. The second-order valence-electron chi connectivity index (χ2n) is 5.80. The Kier molecular flexibility index (Phi) is 5.23. The summed E-state index contributed by atoms with van der Waals surface area (Å²) < 4.78 is 8.61. The fraction of sp³-hybridized carbons (Fsp3) is 0.211. The molecule has 0 spiro atoms. The highest BCUT2D eigenvalue weighted by Crippen LogP contribution is 2.28. The zero-order valence-electron chi connectivity index (χ0n) is 14.1. The molecule has 0 aliphatic heterocycles. The van der Waals surface area contributed by atoms with Gasteiger partial charge in [0.05, 0.1) is 24.0 Å². The second-order valence-corrected chi connectivity index (χ2v) is 6.68. The highest BCUT2D eigenvalue weighted by Gasteiger charge is 2.05. The van der Waals surface area contributed by atoms with Gasteiger partial charge in [0, 0.05) is 16.8 Å². The van der Waals surface area contributed by atoms with Gasteiger partial charge in [0.15, 0.2) is 0 Å². The molecule has 1 N–H and O–H groups in total. The number of pyridine rings is 1. The van der Waals surface area contributed by atoms with Crippen molar-refractivity contribution in [2.24, 2.45) is 0 Å². The molecule has 0 saturated heterocycles. The molecular weight excluding hydrogens is 318 g/mol. The van der Waals surface area contributed by atoms with Crippen LogP contribution in [-0.2, 0) is 6.54 Å². The fourth-order valence-corrected chi connectivity index (χ4v) is 3.10. The van der Waals surface area contributed by atoms with Crippen LogP contribution in [0.15, 0.2) is 59.5 Å². The molecule has 0 saturated carbocycles. The number of benzene rings is 2. The molecule has 0 atom stereocenters. The Balaban J connectivity index is 1.82. The maximum atomic E-state index is 5.19. The van der Waals surface area contributed by atoms with E-state index in [9.17, 15) is 0 Å². The normalized spacial score (nSPS) is 11.0. The number of nitrogens with zero attached hydrogens (tertiary/aromatic N) is 2. The molecule has 124 valence electrons. The van der Waals surface area contributed by atoms with Crippen molar-refractivity contribution in [3.63, 3.8) is 0 Å². The largest absolute Gasteiger partial charge is 0.497 e. The van der Waals surface area contributed by atoms with Crippen molar-refractivity contribution >= 4 is 28.5 Å². The molecule has 3 rings (SSSR count). The monoisotopic (exact) mass is 339 g/mol. The summed E-state index contributed by atoms with van der Waals surface area (Å²) in [6, 6.07) is 18.4. The van der Waals surface area contributed by atoms with Crippen molar-refractivity contribution in [2.45, 2.75) is 11.4 Å². The van der Waals surface area contributed by atoms with Gasteiger partial charge in [-0.2, -0.15) is 0 Å². The molecular formula is C19H21N3OS. The Morgan fingerprint density at radius 1 is 1.04 bits per heavy atom. The van der Waals surface area contributed by atoms with Crippen LogP contribution in [0, 0.1) is 0 Å². The Hall–Kier alpha value is -2.24. The second kappa shape index (κ2) is 7.55. The summed E-state index contributed by atoms with van der Waals surface area (Å²) in [6.45, 7) is 0.829. The van der Waals surface area contributed by atoms with E-state index < -0.39 is 0 Å². The highest BCUT2D eigenvalue weighted by molar-refractivity contribution is 8.00. The SMILES string of the molecule is COc1ccc(SNc2cccc3ccc(CN(C)C)nc23)cc1. The van der Waals surface area contributed by atoms with E-state index in [2.05, 4.69) is 48.0 Å². The summed E-state index contributed by atoms with van der Waals surface area (Å²) in [5.74, 6) is 0.861. The molecule has 0 aliphatic rings. The number of rotatable bonds is 6. The van der Waals surface area contributed by atoms with E-state index in [1.54, 1.807) is 19.1 Å². The number of hydrogen-bond acceptors (Lipinski definition) is 5. The van der Waals surface area contributed by atoms with Crippen LogP contribution in [0.4, 0.5) is 5.69 Å². The van der Waals surface area contributed by atoms with E-state index in [0.29, 0.717) is 0 Å². The molecule has 0 bridgehead atoms. The number of methoxy groups -OCH3 is 1. The standard InChI is InChI=1S/C19H21N3OS/c1-22(2)13-15-8-7-14-5-4-6-18(19(14)20-15)21-24-17-11-9-16(23-3)10-12-17/h4-12,21H,13H2,1-3H3. The fourth-order valence-electron chi connectivity index (χ4n) is 2.44. The van der Waals surface area contributed by atoms with Crippen LogP contribution >= 0.6 is 11.9 Å². The third kappa shape index (κ3) is 3.99. The van der Waals surface area contributed by atoms with Gasteiger partial charge >= 0.3 is 0 Å². The first-order valence-corrected chi connectivity index (χ1v) is 8.57. The smallest absolute Gasteiger partial charge is 0.118 e. The topological polar surface area (TPSA) is 37.4 Å². The highest BCUT2D eigenvalue weighted by atomic mass is 32.2. The molecule has 5 heteroatoms. The van der Waals surface area contributed by atoms with E-state index in [1.165, 1.54) is 0 Å². The average molecular weight is 339 g/mol. The van der Waals surface area contributed by atoms with Crippen molar-refractivity contribution in [1.82, 2.24) is 9.88 Å². The van der Waals surface area contributed by atoms with Gasteiger partial charge in [0.1, 0.15) is 5.75 Å². The van der Waals surface area contributed by atoms with E-state index in [4.69, 9.17) is 9.72 Å². The van der Waals surface area contributed by atoms with Crippen LogP contribution < -0.4 is 9.46 Å². The predicted molar refractivity (Wildman–Crippen MR) is 102 cm³/mol. The molecule has 1 aromatic heterocycles. The van der Waals surface area contributed by atoms with Gasteiger partial charge in [-0.05, 0) is 62.4 Å². The summed E-state index contributed by atoms with van der Waals surface area (Å²) in [5.41, 5.74) is 3.09. The summed E-state index contributed by atoms with van der Waals surface area (Å²) in [7, 11) is 5.78. The number of ether oxygens (including phenoxy) is 1. The number of anilines is 1. The van der Waals surface area contributed by atoms with E-state index in [-0.39, 0.29) is 0 Å². The van der Waals surface area contributed by atoms with Crippen molar-refractivity contribution in [2.75, 3.05) is 25.9 Å². The summed E-state index contributed by atoms with van der Waals surface area (Å²) in [6.07, 6.45) is 0. The first-order valence-electron chi connectivity index (χ1n) is 7.76. The maximum Gasteiger partial charge on any atom is 0.118 e. The van der Waals surface area contributed by atoms with Gasteiger partial charge in [-0.15, -0.1) is 0 Å². The van der Waals surface area contributed by atoms with Crippen LogP contribution in [-0.4, -0.2) is 31.1 Å². The lowest BCUT2D eigenvalue weighted by molar-refractivity contribution is 0.397. The number of hydrogen-bond donors (Lipinski definition) is 1. The summed E-state index contributed by atoms with van der Waals surface area (Å²) in [4.78, 5) is 8.06. The molecule has 0 unspecified atom stereocenters. The first kappa shape index (κ1) is 16.6. The van der Waals surface area contributed by atoms with Gasteiger partial charge < -0.3 is 14.4 Å². The van der Waals surface area contributed by atoms with Crippen LogP contribution in [0.1, 0.15) is 5.69 Å². The Morgan fingerprint density at radius 2 is 1.83 bits per heavy atom. The Bertz CT molecular complexity index is 818. The van der Waals surface area contributed by atoms with Crippen molar-refractivity contribution < 1.29 is 4.74 Å². The molecule has 1 heterocycles. The first-order chi connectivity index (χ1) is 11.7. The quantitative estimate of drug-likeness (QED) is 0.673. The third-order valence-electron chi connectivity index (χ3n) is 3.59. The molecule has 0 fully saturated rings. The Morgan fingerprint density at radius 3 is 2.54 bits per heavy atom. The average Bonchev–Trinajstić information content (AvgIpc) is 2.60. The number of nitrogens with one attached hydrogen (secondary N) is 1. The zero-order valence-corrected chi connectivity index (χ0v) is 14.9. The number of aromatic nitrogens is 1. The molecule has 24 heavy (non-hydrogen) atoms. The van der Waals surface area contributed by atoms with Gasteiger partial charge in [0.2, 0.25) is 0 Å². The lowest BCUT2D eigenvalue weighted by Crippen LogP contribution is -2.11. The molecule has 4 nitrogen and oxygen atoms in total. The van der Waals surface area contributed by atoms with E-state index in [0.717, 1.165) is 39.5 Å². The van der Waals surface area contributed by atoms with Crippen molar-refractivity contribution in [3.8, 4) is 5.75 Å². The molecule has 2 aromatic carbocycles. The van der Waals surface area contributed by atoms with Crippen LogP contribution in [0.5, 0.6) is 5.75 Å². The van der Waals surface area contributed by atoms with Crippen LogP contribution in [0.25, 0.3) is 10.9 Å². The van der Waals surface area contributed by atoms with Crippen LogP contribution in [0.2, 0.25) is 0 Å². The minimum Gasteiger partial charge on any atom is -0.497 e. The van der Waals surface area contributed by atoms with Gasteiger partial charge in [0.25, 0.3) is 0 Å². The summed E-state index contributed by atoms with van der Waals surface area (Å²) in [5, 5.41) is 1.14. The van der Waals surface area contributed by atoms with Crippen LogP contribution in [0.3, 0.4) is 0 Å². The molecule has 0 amide bonds. The molecule has 0 aliphatic carbocycles. The third-order valence-corrected chi connectivity index (χ3v) is 4.42. The molecule has 0 radical (unpaired) electrons. The van der Waals surface area contributed by atoms with E-state index in [1.807, 2.05) is 30.3 Å². The number of fused-ring (bicyclic) bond motifs is 1. The predicted octanol–water partition coefficient (Wildman–Crippen LogP) is 4.42. The minimum atomic E-state index is 0.829. The zero-order chi connectivity index (χ0) is 16.9. The van der Waals surface area contributed by atoms with Gasteiger partial charge in [-0.1, -0.05) is 18.2 Å². The van der Waals surface area contributed by atoms with Gasteiger partial charge in [-0.3, -0.25) is 0 Å². The van der Waals surface area contributed by atoms with E-state index >= 15 is 0 Å². The lowest BCUT2D eigenvalue weighted by atomic mass is 10.2. The van der Waals surface area contributed by atoms with Crippen molar-refractivity contribution in [3.05, 3.63) is 60.3 Å². The number of para-hydroxylation sites is 1. The van der Waals surface area contributed by atoms with Gasteiger partial charge in [-0.25, -0.2) is 4.98 Å². The minimum absolute atomic E-state index is 0.829. The Labute approximate surface area is 147 Å². The summed E-state index contributed by atoms with van der Waals surface area (Å²) >= 11 is 1.57. The maximum absolute atomic E-state index is 5.19.